The van der Waals surface area contributed by atoms with E-state index in [1.807, 2.05) is 0 Å². The Balaban J connectivity index is 2.76. The summed E-state index contributed by atoms with van der Waals surface area (Å²) < 4.78 is 0. The van der Waals surface area contributed by atoms with Gasteiger partial charge in [0.25, 0.3) is 0 Å². The van der Waals surface area contributed by atoms with Gasteiger partial charge in [-0.3, -0.25) is 0 Å². The van der Waals surface area contributed by atoms with Crippen molar-refractivity contribution in [3.05, 3.63) is 68.8 Å². The van der Waals surface area contributed by atoms with Crippen LogP contribution in [-0.2, 0) is 6.42 Å². The maximum absolute atomic E-state index is 2.66. The van der Waals surface area contributed by atoms with E-state index in [1.54, 1.807) is 44.5 Å². The maximum atomic E-state index is 2.66. The van der Waals surface area contributed by atoms with Crippen LogP contribution in [0.4, 0.5) is 0 Å². The molecule has 7 unspecified atom stereocenters. The first-order valence-electron chi connectivity index (χ1n) is 16.8. The van der Waals surface area contributed by atoms with Gasteiger partial charge in [-0.1, -0.05) is 114 Å². The minimum absolute atomic E-state index is 0.504. The second-order valence-electron chi connectivity index (χ2n) is 13.3. The molecular formula is C39H64. The Morgan fingerprint density at radius 1 is 0.333 bits per heavy atom. The number of rotatable bonds is 15. The first kappa shape index (κ1) is 33.6. The van der Waals surface area contributed by atoms with E-state index in [2.05, 4.69) is 114 Å². The average Bonchev–Trinajstić information content (AvgIpc) is 2.97. The number of benzene rings is 2. The van der Waals surface area contributed by atoms with Gasteiger partial charge in [-0.05, 0) is 131 Å². The van der Waals surface area contributed by atoms with Crippen molar-refractivity contribution in [2.45, 2.75) is 176 Å². The van der Waals surface area contributed by atoms with Crippen LogP contribution in [0.25, 0.3) is 0 Å². The van der Waals surface area contributed by atoms with Crippen LogP contribution in [0.1, 0.15) is 214 Å². The second kappa shape index (κ2) is 15.4. The molecule has 0 heterocycles. The van der Waals surface area contributed by atoms with E-state index in [1.165, 1.54) is 38.5 Å². The highest BCUT2D eigenvalue weighted by molar-refractivity contribution is 5.48. The Hall–Kier alpha value is -1.56. The molecule has 0 fully saturated rings. The maximum Gasteiger partial charge on any atom is -0.0147 e. The summed E-state index contributed by atoms with van der Waals surface area (Å²) in [5.41, 5.74) is 12.9. The van der Waals surface area contributed by atoms with Crippen molar-refractivity contribution < 1.29 is 0 Å². The Bertz CT molecular complexity index is 1030. The monoisotopic (exact) mass is 533 g/mol. The molecule has 2 aromatic rings. The summed E-state index contributed by atoms with van der Waals surface area (Å²) in [5.74, 6) is 4.14. The highest BCUT2D eigenvalue weighted by atomic mass is 14.3. The molecule has 0 aliphatic heterocycles. The normalized spacial score (nSPS) is 17.4. The van der Waals surface area contributed by atoms with Crippen molar-refractivity contribution in [2.24, 2.45) is 0 Å². The molecule has 0 spiro atoms. The quantitative estimate of drug-likeness (QED) is 0.214. The lowest BCUT2D eigenvalue weighted by Gasteiger charge is -2.29. The molecule has 220 valence electrons. The van der Waals surface area contributed by atoms with E-state index in [0.717, 1.165) is 6.42 Å². The predicted octanol–water partition coefficient (Wildman–Crippen LogP) is 13.1. The topological polar surface area (TPSA) is 0 Å². The van der Waals surface area contributed by atoms with Crippen LogP contribution in [-0.4, -0.2) is 0 Å². The molecule has 0 saturated carbocycles. The molecule has 0 amide bonds. The van der Waals surface area contributed by atoms with Crippen LogP contribution in [0.3, 0.4) is 0 Å². The molecule has 0 aliphatic carbocycles. The summed E-state index contributed by atoms with van der Waals surface area (Å²) in [7, 11) is 0. The minimum atomic E-state index is 0.504. The molecule has 0 aromatic heterocycles. The van der Waals surface area contributed by atoms with E-state index in [9.17, 15) is 0 Å². The summed E-state index contributed by atoms with van der Waals surface area (Å²) in [4.78, 5) is 0. The molecule has 0 aliphatic rings. The fourth-order valence-electron chi connectivity index (χ4n) is 6.32. The SMILES string of the molecule is CCC(C)c1cc(C(C)CC)c(C(C)CC)cc1CC(C)c1cc(C(C)CC)c(C(C)CC)cc1C(C)CC. The van der Waals surface area contributed by atoms with E-state index >= 15 is 0 Å². The van der Waals surface area contributed by atoms with Gasteiger partial charge in [-0.15, -0.1) is 0 Å². The molecule has 7 atom stereocenters. The molecule has 2 aromatic carbocycles. The zero-order valence-corrected chi connectivity index (χ0v) is 28.3. The van der Waals surface area contributed by atoms with Crippen LogP contribution < -0.4 is 0 Å². The molecule has 0 radical (unpaired) electrons. The number of hydrogen-bond acceptors (Lipinski definition) is 0. The van der Waals surface area contributed by atoms with E-state index in [4.69, 9.17) is 0 Å². The molecule has 2 rings (SSSR count). The van der Waals surface area contributed by atoms with Crippen molar-refractivity contribution >= 4 is 0 Å². The largest absolute Gasteiger partial charge is 0.0648 e. The summed E-state index contributed by atoms with van der Waals surface area (Å²) in [6.45, 7) is 31.2. The molecule has 0 bridgehead atoms. The Morgan fingerprint density at radius 2 is 0.564 bits per heavy atom. The van der Waals surface area contributed by atoms with Crippen LogP contribution in [0, 0.1) is 0 Å². The van der Waals surface area contributed by atoms with Gasteiger partial charge >= 0.3 is 0 Å². The molecule has 0 heteroatoms. The summed E-state index contributed by atoms with van der Waals surface area (Å²) in [5, 5.41) is 0. The van der Waals surface area contributed by atoms with Gasteiger partial charge in [-0.2, -0.15) is 0 Å². The third-order valence-corrected chi connectivity index (χ3v) is 10.6. The summed E-state index contributed by atoms with van der Waals surface area (Å²) in [6.07, 6.45) is 8.35. The van der Waals surface area contributed by atoms with Crippen LogP contribution in [0.5, 0.6) is 0 Å². The van der Waals surface area contributed by atoms with E-state index < -0.39 is 0 Å². The van der Waals surface area contributed by atoms with Gasteiger partial charge < -0.3 is 0 Å². The third-order valence-electron chi connectivity index (χ3n) is 10.6. The summed E-state index contributed by atoms with van der Waals surface area (Å²) in [6, 6.07) is 10.6. The van der Waals surface area contributed by atoms with Gasteiger partial charge in [0, 0.05) is 0 Å². The molecule has 0 N–H and O–H groups in total. The van der Waals surface area contributed by atoms with Crippen LogP contribution in [0.2, 0.25) is 0 Å². The predicted molar refractivity (Wildman–Crippen MR) is 177 cm³/mol. The fraction of sp³-hybridized carbons (Fsp3) is 0.692. The van der Waals surface area contributed by atoms with E-state index in [0.29, 0.717) is 41.4 Å². The van der Waals surface area contributed by atoms with Gasteiger partial charge in [-0.25, -0.2) is 0 Å². The van der Waals surface area contributed by atoms with Gasteiger partial charge in [0.05, 0.1) is 0 Å². The molecular weight excluding hydrogens is 468 g/mol. The zero-order chi connectivity index (χ0) is 29.4. The van der Waals surface area contributed by atoms with Crippen LogP contribution in [0.15, 0.2) is 24.3 Å². The molecule has 0 saturated heterocycles. The first-order chi connectivity index (χ1) is 18.5. The Labute approximate surface area is 244 Å². The lowest BCUT2D eigenvalue weighted by molar-refractivity contribution is 0.639. The minimum Gasteiger partial charge on any atom is -0.0648 e. The Kier molecular flexibility index (Phi) is 13.3. The average molecular weight is 533 g/mol. The highest BCUT2D eigenvalue weighted by Gasteiger charge is 2.25. The van der Waals surface area contributed by atoms with Crippen molar-refractivity contribution in [3.63, 3.8) is 0 Å². The van der Waals surface area contributed by atoms with Crippen molar-refractivity contribution in [2.75, 3.05) is 0 Å². The number of hydrogen-bond donors (Lipinski definition) is 0. The third kappa shape index (κ3) is 7.80. The van der Waals surface area contributed by atoms with Crippen molar-refractivity contribution in [3.8, 4) is 0 Å². The second-order valence-corrected chi connectivity index (χ2v) is 13.3. The van der Waals surface area contributed by atoms with Gasteiger partial charge in [0.15, 0.2) is 0 Å². The van der Waals surface area contributed by atoms with Gasteiger partial charge in [0.1, 0.15) is 0 Å². The Morgan fingerprint density at radius 3 is 0.872 bits per heavy atom. The standard InChI is InChI=1S/C39H64/c1-14-25(7)33-22-35(27(9)16-3)34(26(8)15-2)21-32(33)20-31(13)39-24-37(29(11)18-5)36(28(10)17-4)23-38(39)30(12)19-6/h21-31H,14-20H2,1-13H3. The van der Waals surface area contributed by atoms with Crippen molar-refractivity contribution in [1.82, 2.24) is 0 Å². The molecule has 0 nitrogen and oxygen atoms in total. The van der Waals surface area contributed by atoms with Crippen molar-refractivity contribution in [1.29, 1.82) is 0 Å². The highest BCUT2D eigenvalue weighted by Crippen LogP contribution is 2.41. The molecule has 39 heavy (non-hydrogen) atoms. The van der Waals surface area contributed by atoms with E-state index in [-0.39, 0.29) is 0 Å². The lowest BCUT2D eigenvalue weighted by atomic mass is 9.76. The lowest BCUT2D eigenvalue weighted by Crippen LogP contribution is -2.13. The van der Waals surface area contributed by atoms with Gasteiger partial charge in [0.2, 0.25) is 0 Å². The zero-order valence-electron chi connectivity index (χ0n) is 28.3. The smallest absolute Gasteiger partial charge is 0.0147 e. The summed E-state index contributed by atoms with van der Waals surface area (Å²) >= 11 is 0. The fourth-order valence-corrected chi connectivity index (χ4v) is 6.32. The van der Waals surface area contributed by atoms with Crippen LogP contribution >= 0.6 is 0 Å². The first-order valence-corrected chi connectivity index (χ1v) is 16.8.